The lowest BCUT2D eigenvalue weighted by Gasteiger charge is -2.05. The molecular formula is C12H21N. The van der Waals surface area contributed by atoms with Crippen LogP contribution in [0.2, 0.25) is 0 Å². The highest BCUT2D eigenvalue weighted by Gasteiger charge is 1.86. The van der Waals surface area contributed by atoms with E-state index in [0.717, 1.165) is 32.2 Å². The molecule has 0 aliphatic heterocycles. The molecule has 0 aromatic carbocycles. The van der Waals surface area contributed by atoms with Crippen molar-refractivity contribution >= 4 is 0 Å². The summed E-state index contributed by atoms with van der Waals surface area (Å²) in [5.74, 6) is 6.37. The average molecular weight is 179 g/mol. The van der Waals surface area contributed by atoms with Crippen LogP contribution in [0.25, 0.3) is 0 Å². The number of rotatable bonds is 6. The molecule has 74 valence electrons. The maximum atomic E-state index is 3.67. The Balaban J connectivity index is 3.15. The van der Waals surface area contributed by atoms with Gasteiger partial charge in [-0.05, 0) is 39.9 Å². The van der Waals surface area contributed by atoms with E-state index in [2.05, 4.69) is 37.4 Å². The summed E-state index contributed by atoms with van der Waals surface area (Å²) in [7, 11) is 4.19. The maximum absolute atomic E-state index is 3.67. The van der Waals surface area contributed by atoms with Gasteiger partial charge in [-0.2, -0.15) is 0 Å². The molecule has 0 spiro atoms. The number of hydrogen-bond acceptors (Lipinski definition) is 1. The predicted molar refractivity (Wildman–Crippen MR) is 59.6 cm³/mol. The first-order valence-electron chi connectivity index (χ1n) is 4.98. The van der Waals surface area contributed by atoms with Crippen LogP contribution in [-0.4, -0.2) is 25.5 Å². The minimum atomic E-state index is 1.02. The molecule has 0 amide bonds. The molecule has 0 radical (unpaired) electrons. The largest absolute Gasteiger partial charge is 0.309 e. The zero-order valence-electron chi connectivity index (χ0n) is 8.97. The Labute approximate surface area is 82.8 Å². The van der Waals surface area contributed by atoms with Crippen LogP contribution in [0.1, 0.15) is 32.1 Å². The molecule has 0 fully saturated rings. The molecule has 0 N–H and O–H groups in total. The molecule has 0 bridgehead atoms. The molecule has 0 heterocycles. The fraction of sp³-hybridized carbons (Fsp3) is 0.667. The lowest BCUT2D eigenvalue weighted by molar-refractivity contribution is 0.403. The highest BCUT2D eigenvalue weighted by atomic mass is 15.0. The topological polar surface area (TPSA) is 3.24 Å². The Hall–Kier alpha value is -0.740. The van der Waals surface area contributed by atoms with Crippen molar-refractivity contribution in [1.29, 1.82) is 0 Å². The summed E-state index contributed by atoms with van der Waals surface area (Å²) in [5.41, 5.74) is 0. The first-order valence-corrected chi connectivity index (χ1v) is 4.98. The van der Waals surface area contributed by atoms with E-state index in [-0.39, 0.29) is 0 Å². The van der Waals surface area contributed by atoms with Crippen LogP contribution >= 0.6 is 0 Å². The van der Waals surface area contributed by atoms with Gasteiger partial charge in [-0.25, -0.2) is 0 Å². The van der Waals surface area contributed by atoms with Gasteiger partial charge in [0.2, 0.25) is 0 Å². The van der Waals surface area contributed by atoms with Crippen LogP contribution in [0.5, 0.6) is 0 Å². The molecule has 0 unspecified atom stereocenters. The summed E-state index contributed by atoms with van der Waals surface area (Å²) in [6.07, 6.45) is 7.44. The third-order valence-corrected chi connectivity index (χ3v) is 1.74. The van der Waals surface area contributed by atoms with E-state index in [0.29, 0.717) is 0 Å². The summed E-state index contributed by atoms with van der Waals surface area (Å²) < 4.78 is 0. The number of unbranched alkanes of at least 4 members (excludes halogenated alkanes) is 3. The fourth-order valence-corrected chi connectivity index (χ4v) is 0.995. The van der Waals surface area contributed by atoms with E-state index >= 15 is 0 Å². The second kappa shape index (κ2) is 9.35. The van der Waals surface area contributed by atoms with Gasteiger partial charge in [0.1, 0.15) is 0 Å². The van der Waals surface area contributed by atoms with Crippen molar-refractivity contribution in [3.05, 3.63) is 12.7 Å². The molecule has 0 aromatic heterocycles. The Morgan fingerprint density at radius 3 is 2.31 bits per heavy atom. The molecule has 0 saturated carbocycles. The van der Waals surface area contributed by atoms with Crippen molar-refractivity contribution < 1.29 is 0 Å². The SMILES string of the molecule is C=CCCCC#CCCCN(C)C. The zero-order chi connectivity index (χ0) is 9.94. The lowest BCUT2D eigenvalue weighted by Crippen LogP contribution is -2.12. The van der Waals surface area contributed by atoms with Gasteiger partial charge in [0.25, 0.3) is 0 Å². The van der Waals surface area contributed by atoms with Crippen molar-refractivity contribution in [3.63, 3.8) is 0 Å². The first-order chi connectivity index (χ1) is 6.27. The summed E-state index contributed by atoms with van der Waals surface area (Å²) in [6.45, 7) is 4.81. The molecule has 0 aromatic rings. The minimum absolute atomic E-state index is 1.02. The van der Waals surface area contributed by atoms with Crippen LogP contribution in [0, 0.1) is 11.8 Å². The van der Waals surface area contributed by atoms with E-state index in [1.165, 1.54) is 6.42 Å². The number of hydrogen-bond donors (Lipinski definition) is 0. The van der Waals surface area contributed by atoms with E-state index in [4.69, 9.17) is 0 Å². The second-order valence-corrected chi connectivity index (χ2v) is 3.44. The van der Waals surface area contributed by atoms with Gasteiger partial charge in [0.05, 0.1) is 0 Å². The van der Waals surface area contributed by atoms with Crippen molar-refractivity contribution in [2.45, 2.75) is 32.1 Å². The summed E-state index contributed by atoms with van der Waals surface area (Å²) >= 11 is 0. The van der Waals surface area contributed by atoms with Crippen molar-refractivity contribution in [1.82, 2.24) is 4.90 Å². The molecular weight excluding hydrogens is 158 g/mol. The van der Waals surface area contributed by atoms with Gasteiger partial charge < -0.3 is 4.90 Å². The van der Waals surface area contributed by atoms with Gasteiger partial charge in [0.15, 0.2) is 0 Å². The van der Waals surface area contributed by atoms with E-state index in [1.54, 1.807) is 0 Å². The Bertz CT molecular complexity index is 171. The average Bonchev–Trinajstić information content (AvgIpc) is 2.09. The van der Waals surface area contributed by atoms with Gasteiger partial charge in [-0.15, -0.1) is 18.4 Å². The van der Waals surface area contributed by atoms with Crippen LogP contribution < -0.4 is 0 Å². The van der Waals surface area contributed by atoms with Gasteiger partial charge in [-0.1, -0.05) is 6.08 Å². The van der Waals surface area contributed by atoms with Gasteiger partial charge in [-0.3, -0.25) is 0 Å². The van der Waals surface area contributed by atoms with E-state index in [9.17, 15) is 0 Å². The summed E-state index contributed by atoms with van der Waals surface area (Å²) in [6, 6.07) is 0. The van der Waals surface area contributed by atoms with E-state index in [1.807, 2.05) is 6.08 Å². The third-order valence-electron chi connectivity index (χ3n) is 1.74. The Kier molecular flexibility index (Phi) is 8.82. The molecule has 0 rings (SSSR count). The summed E-state index contributed by atoms with van der Waals surface area (Å²) in [4.78, 5) is 2.19. The number of allylic oxidation sites excluding steroid dienone is 1. The quantitative estimate of drug-likeness (QED) is 0.344. The highest BCUT2D eigenvalue weighted by molar-refractivity contribution is 4.98. The van der Waals surface area contributed by atoms with E-state index < -0.39 is 0 Å². The third kappa shape index (κ3) is 11.3. The standard InChI is InChI=1S/C12H21N/c1-4-5-6-7-8-9-10-11-12-13(2)3/h4H,1,5-7,10-12H2,2-3H3. The fourth-order valence-electron chi connectivity index (χ4n) is 0.995. The molecule has 0 aliphatic carbocycles. The second-order valence-electron chi connectivity index (χ2n) is 3.44. The molecule has 1 nitrogen and oxygen atoms in total. The highest BCUT2D eigenvalue weighted by Crippen LogP contribution is 1.94. The summed E-state index contributed by atoms with van der Waals surface area (Å²) in [5, 5.41) is 0. The van der Waals surface area contributed by atoms with Crippen LogP contribution in [-0.2, 0) is 0 Å². The lowest BCUT2D eigenvalue weighted by atomic mass is 10.2. The maximum Gasteiger partial charge on any atom is 0.0101 e. The van der Waals surface area contributed by atoms with Crippen molar-refractivity contribution in [3.8, 4) is 11.8 Å². The Morgan fingerprint density at radius 1 is 1.15 bits per heavy atom. The molecule has 0 aliphatic rings. The van der Waals surface area contributed by atoms with Crippen LogP contribution in [0.4, 0.5) is 0 Å². The van der Waals surface area contributed by atoms with Crippen molar-refractivity contribution in [2.75, 3.05) is 20.6 Å². The molecule has 13 heavy (non-hydrogen) atoms. The predicted octanol–water partition coefficient (Wildman–Crippen LogP) is 2.69. The monoisotopic (exact) mass is 179 g/mol. The smallest absolute Gasteiger partial charge is 0.0101 e. The normalized spacial score (nSPS) is 9.46. The van der Waals surface area contributed by atoms with Crippen LogP contribution in [0.3, 0.4) is 0 Å². The van der Waals surface area contributed by atoms with Gasteiger partial charge >= 0.3 is 0 Å². The molecule has 0 atom stereocenters. The first kappa shape index (κ1) is 12.3. The zero-order valence-corrected chi connectivity index (χ0v) is 8.97. The number of nitrogens with zero attached hydrogens (tertiary/aromatic N) is 1. The van der Waals surface area contributed by atoms with Gasteiger partial charge in [0, 0.05) is 12.8 Å². The van der Waals surface area contributed by atoms with Crippen LogP contribution in [0.15, 0.2) is 12.7 Å². The minimum Gasteiger partial charge on any atom is -0.309 e. The molecule has 0 saturated heterocycles. The molecule has 1 heteroatoms. The Morgan fingerprint density at radius 2 is 1.77 bits per heavy atom. The van der Waals surface area contributed by atoms with Crippen molar-refractivity contribution in [2.24, 2.45) is 0 Å².